The van der Waals surface area contributed by atoms with E-state index in [0.29, 0.717) is 22.6 Å². The van der Waals surface area contributed by atoms with Crippen LogP contribution in [0.15, 0.2) is 41.3 Å². The molecule has 32 heavy (non-hydrogen) atoms. The van der Waals surface area contributed by atoms with E-state index in [1.807, 2.05) is 0 Å². The van der Waals surface area contributed by atoms with Crippen molar-refractivity contribution < 1.29 is 22.7 Å². The molecule has 2 aromatic carbocycles. The molecule has 2 atom stereocenters. The van der Waals surface area contributed by atoms with Gasteiger partial charge in [0.1, 0.15) is 5.75 Å². The van der Waals surface area contributed by atoms with Crippen LogP contribution >= 0.6 is 11.6 Å². The Morgan fingerprint density at radius 3 is 2.31 bits per heavy atom. The summed E-state index contributed by atoms with van der Waals surface area (Å²) >= 11 is 6.11. The van der Waals surface area contributed by atoms with Crippen LogP contribution in [-0.4, -0.2) is 32.2 Å². The first kappa shape index (κ1) is 22.6. The van der Waals surface area contributed by atoms with Gasteiger partial charge in [0.05, 0.1) is 41.1 Å². The molecule has 1 heterocycles. The van der Waals surface area contributed by atoms with Gasteiger partial charge in [0.25, 0.3) is 10.0 Å². The van der Waals surface area contributed by atoms with Gasteiger partial charge in [-0.3, -0.25) is 19.2 Å². The highest BCUT2D eigenvalue weighted by Crippen LogP contribution is 2.38. The number of ether oxygens (including phenoxy) is 1. The Kier molecular flexibility index (Phi) is 6.18. The fourth-order valence-corrected chi connectivity index (χ4v) is 6.15. The van der Waals surface area contributed by atoms with Gasteiger partial charge in [0.2, 0.25) is 11.8 Å². The van der Waals surface area contributed by atoms with Crippen molar-refractivity contribution in [2.75, 3.05) is 11.8 Å². The number of fused-ring (bicyclic) bond motifs is 1. The summed E-state index contributed by atoms with van der Waals surface area (Å²) in [5.74, 6) is -0.308. The second kappa shape index (κ2) is 8.75. The number of carbonyl (C=O) groups is 2. The first-order chi connectivity index (χ1) is 15.2. The molecule has 1 aliphatic heterocycles. The summed E-state index contributed by atoms with van der Waals surface area (Å²) in [6.45, 7) is 1.77. The number of methoxy groups -OCH3 is 1. The van der Waals surface area contributed by atoms with E-state index < -0.39 is 10.0 Å². The Bertz CT molecular complexity index is 1160. The van der Waals surface area contributed by atoms with Crippen molar-refractivity contribution in [3.63, 3.8) is 0 Å². The topological polar surface area (TPSA) is 92.8 Å². The number of nitrogens with zero attached hydrogens (tertiary/aromatic N) is 1. The van der Waals surface area contributed by atoms with Crippen LogP contribution in [0, 0.1) is 18.8 Å². The number of hydrogen-bond acceptors (Lipinski definition) is 5. The Balaban J connectivity index is 1.58. The molecule has 1 saturated carbocycles. The van der Waals surface area contributed by atoms with Gasteiger partial charge in [-0.25, -0.2) is 8.42 Å². The van der Waals surface area contributed by atoms with E-state index in [1.54, 1.807) is 31.2 Å². The number of nitrogens with one attached hydrogen (secondary N) is 1. The summed E-state index contributed by atoms with van der Waals surface area (Å²) in [5.41, 5.74) is 1.44. The molecule has 0 spiro atoms. The predicted octanol–water partition coefficient (Wildman–Crippen LogP) is 4.13. The Labute approximate surface area is 192 Å². The highest BCUT2D eigenvalue weighted by Gasteiger charge is 2.47. The third kappa shape index (κ3) is 4.21. The molecule has 2 amide bonds. The normalized spacial score (nSPS) is 20.9. The van der Waals surface area contributed by atoms with Gasteiger partial charge in [-0.05, 0) is 55.2 Å². The van der Waals surface area contributed by atoms with Crippen molar-refractivity contribution in [1.82, 2.24) is 4.90 Å². The fourth-order valence-electron chi connectivity index (χ4n) is 4.54. The smallest absolute Gasteiger partial charge is 0.262 e. The molecule has 9 heteroatoms. The summed E-state index contributed by atoms with van der Waals surface area (Å²) in [6, 6.07) is 9.56. The van der Waals surface area contributed by atoms with Crippen LogP contribution in [0.5, 0.6) is 5.75 Å². The summed E-state index contributed by atoms with van der Waals surface area (Å²) in [7, 11) is -2.45. The highest BCUT2D eigenvalue weighted by atomic mass is 35.5. The number of imide groups is 1. The monoisotopic (exact) mass is 476 g/mol. The van der Waals surface area contributed by atoms with Crippen LogP contribution in [0.3, 0.4) is 0 Å². The van der Waals surface area contributed by atoms with Gasteiger partial charge in [0.15, 0.2) is 0 Å². The second-order valence-electron chi connectivity index (χ2n) is 8.31. The van der Waals surface area contributed by atoms with E-state index in [4.69, 9.17) is 16.3 Å². The van der Waals surface area contributed by atoms with E-state index in [9.17, 15) is 18.0 Å². The van der Waals surface area contributed by atoms with Gasteiger partial charge in [0, 0.05) is 0 Å². The van der Waals surface area contributed by atoms with Gasteiger partial charge < -0.3 is 4.74 Å². The van der Waals surface area contributed by atoms with Crippen LogP contribution in [0.2, 0.25) is 5.02 Å². The maximum Gasteiger partial charge on any atom is 0.262 e. The van der Waals surface area contributed by atoms with E-state index in [-0.39, 0.29) is 40.1 Å². The molecule has 0 unspecified atom stereocenters. The lowest BCUT2D eigenvalue weighted by Gasteiger charge is -2.19. The summed E-state index contributed by atoms with van der Waals surface area (Å²) in [6.07, 6.45) is 3.41. The zero-order valence-corrected chi connectivity index (χ0v) is 19.5. The largest absolute Gasteiger partial charge is 0.495 e. The molecule has 2 fully saturated rings. The second-order valence-corrected chi connectivity index (χ2v) is 10.4. The van der Waals surface area contributed by atoms with E-state index in [1.165, 1.54) is 24.1 Å². The van der Waals surface area contributed by atoms with E-state index >= 15 is 0 Å². The molecule has 2 aliphatic rings. The number of likely N-dealkylation sites (tertiary alicyclic amines) is 1. The molecule has 1 saturated heterocycles. The van der Waals surface area contributed by atoms with Crippen molar-refractivity contribution in [3.8, 4) is 5.75 Å². The Morgan fingerprint density at radius 2 is 1.72 bits per heavy atom. The number of anilines is 1. The number of sulfonamides is 1. The number of aryl methyl sites for hydroxylation is 1. The molecule has 0 bridgehead atoms. The van der Waals surface area contributed by atoms with Gasteiger partial charge in [-0.2, -0.15) is 0 Å². The maximum atomic E-state index is 13.1. The third-order valence-corrected chi connectivity index (χ3v) is 8.04. The molecule has 1 aliphatic carbocycles. The Hall–Kier alpha value is -2.58. The van der Waals surface area contributed by atoms with Gasteiger partial charge in [-0.15, -0.1) is 0 Å². The summed E-state index contributed by atoms with van der Waals surface area (Å²) in [4.78, 5) is 26.9. The quantitative estimate of drug-likeness (QED) is 0.632. The lowest BCUT2D eigenvalue weighted by Crippen LogP contribution is -2.30. The number of benzene rings is 2. The summed E-state index contributed by atoms with van der Waals surface area (Å²) in [5, 5.41) is 0.283. The molecular weight excluding hydrogens is 452 g/mol. The fraction of sp³-hybridized carbons (Fsp3) is 0.391. The molecular formula is C23H25ClN2O5S. The zero-order chi connectivity index (χ0) is 23.0. The van der Waals surface area contributed by atoms with Crippen LogP contribution in [0.1, 0.15) is 36.8 Å². The van der Waals surface area contributed by atoms with Crippen LogP contribution < -0.4 is 9.46 Å². The Morgan fingerprint density at radius 1 is 1.06 bits per heavy atom. The standard InChI is InChI=1S/C23H25ClN2O5S/c1-14-7-8-15(13-26-22(27)17-5-3-4-6-18(17)23(26)28)11-21(14)32(29,30)25-16-9-10-20(31-2)19(24)12-16/h7-12,17-18,25H,3-6,13H2,1-2H3/t17-,18-/m1/s1. The first-order valence-corrected chi connectivity index (χ1v) is 12.4. The average Bonchev–Trinajstić information content (AvgIpc) is 3.00. The minimum Gasteiger partial charge on any atom is -0.495 e. The van der Waals surface area contributed by atoms with E-state index in [0.717, 1.165) is 25.7 Å². The molecule has 7 nitrogen and oxygen atoms in total. The van der Waals surface area contributed by atoms with Gasteiger partial charge >= 0.3 is 0 Å². The lowest BCUT2D eigenvalue weighted by molar-refractivity contribution is -0.140. The SMILES string of the molecule is COc1ccc(NS(=O)(=O)c2cc(CN3C(=O)[C@@H]4CCCC[C@H]4C3=O)ccc2C)cc1Cl. The van der Waals surface area contributed by atoms with Crippen molar-refractivity contribution in [1.29, 1.82) is 0 Å². The zero-order valence-electron chi connectivity index (χ0n) is 17.9. The molecule has 0 aromatic heterocycles. The summed E-state index contributed by atoms with van der Waals surface area (Å²) < 4.78 is 33.8. The van der Waals surface area contributed by atoms with Crippen molar-refractivity contribution in [2.24, 2.45) is 11.8 Å². The lowest BCUT2D eigenvalue weighted by atomic mass is 9.81. The maximum absolute atomic E-state index is 13.1. The number of amides is 2. The van der Waals surface area contributed by atoms with E-state index in [2.05, 4.69) is 4.72 Å². The van der Waals surface area contributed by atoms with Crippen LogP contribution in [0.4, 0.5) is 5.69 Å². The molecule has 170 valence electrons. The predicted molar refractivity (Wildman–Crippen MR) is 121 cm³/mol. The highest BCUT2D eigenvalue weighted by molar-refractivity contribution is 7.92. The van der Waals surface area contributed by atoms with Crippen molar-refractivity contribution in [2.45, 2.75) is 44.0 Å². The van der Waals surface area contributed by atoms with Crippen molar-refractivity contribution >= 4 is 39.1 Å². The molecule has 0 radical (unpaired) electrons. The van der Waals surface area contributed by atoms with Crippen LogP contribution in [-0.2, 0) is 26.2 Å². The average molecular weight is 477 g/mol. The molecule has 4 rings (SSSR count). The number of rotatable bonds is 6. The molecule has 2 aromatic rings. The minimum absolute atomic E-state index is 0.0713. The van der Waals surface area contributed by atoms with Gasteiger partial charge in [-0.1, -0.05) is 36.6 Å². The number of hydrogen-bond donors (Lipinski definition) is 1. The first-order valence-electron chi connectivity index (χ1n) is 10.5. The number of carbonyl (C=O) groups excluding carboxylic acids is 2. The third-order valence-electron chi connectivity index (χ3n) is 6.22. The number of halogens is 1. The van der Waals surface area contributed by atoms with Crippen LogP contribution in [0.25, 0.3) is 0 Å². The van der Waals surface area contributed by atoms with Crippen molar-refractivity contribution in [3.05, 3.63) is 52.5 Å². The molecule has 1 N–H and O–H groups in total. The minimum atomic E-state index is -3.92.